The molecule has 1 saturated heterocycles. The van der Waals surface area contributed by atoms with Gasteiger partial charge in [0.1, 0.15) is 0 Å². The fourth-order valence-electron chi connectivity index (χ4n) is 3.53. The van der Waals surface area contributed by atoms with E-state index in [2.05, 4.69) is 10.3 Å². The highest BCUT2D eigenvalue weighted by Gasteiger charge is 2.25. The second-order valence-electron chi connectivity index (χ2n) is 7.46. The van der Waals surface area contributed by atoms with Gasteiger partial charge in [0.2, 0.25) is 10.0 Å². The molecule has 0 bridgehead atoms. The Bertz CT molecular complexity index is 1220. The fraction of sp³-hybridized carbons (Fsp3) is 0.273. The first kappa shape index (κ1) is 23.2. The van der Waals surface area contributed by atoms with Gasteiger partial charge in [0.05, 0.1) is 15.6 Å². The van der Waals surface area contributed by atoms with Crippen molar-refractivity contribution >= 4 is 55.6 Å². The smallest absolute Gasteiger partial charge is 0.257 e. The Kier molecular flexibility index (Phi) is 7.17. The van der Waals surface area contributed by atoms with Crippen LogP contribution in [0.15, 0.2) is 52.7 Å². The summed E-state index contributed by atoms with van der Waals surface area (Å²) >= 11 is 13.4. The third-order valence-corrected chi connectivity index (χ3v) is 8.47. The van der Waals surface area contributed by atoms with E-state index in [9.17, 15) is 13.2 Å². The Balaban J connectivity index is 1.46. The topological polar surface area (TPSA) is 79.4 Å². The van der Waals surface area contributed by atoms with Crippen LogP contribution in [-0.2, 0) is 10.0 Å². The van der Waals surface area contributed by atoms with E-state index in [1.165, 1.54) is 39.9 Å². The zero-order valence-electron chi connectivity index (χ0n) is 17.1. The first-order valence-electron chi connectivity index (χ1n) is 10.2. The number of hydrogen-bond acceptors (Lipinski definition) is 5. The van der Waals surface area contributed by atoms with E-state index >= 15 is 0 Å². The number of amides is 1. The fourth-order valence-corrected chi connectivity index (χ4v) is 6.26. The first-order valence-corrected chi connectivity index (χ1v) is 13.2. The molecule has 10 heteroatoms. The molecule has 1 aliphatic rings. The van der Waals surface area contributed by atoms with Crippen LogP contribution in [0.25, 0.3) is 11.3 Å². The molecule has 2 heterocycles. The Morgan fingerprint density at radius 1 is 1.00 bits per heavy atom. The van der Waals surface area contributed by atoms with Gasteiger partial charge in [-0.25, -0.2) is 13.4 Å². The minimum Gasteiger partial charge on any atom is -0.298 e. The monoisotopic (exact) mass is 509 g/mol. The van der Waals surface area contributed by atoms with Crippen LogP contribution in [-0.4, -0.2) is 36.7 Å². The molecule has 4 rings (SSSR count). The Hall–Kier alpha value is -1.97. The maximum absolute atomic E-state index is 12.9. The van der Waals surface area contributed by atoms with Crippen LogP contribution in [0.1, 0.15) is 36.0 Å². The average Bonchev–Trinajstić information content (AvgIpc) is 3.04. The summed E-state index contributed by atoms with van der Waals surface area (Å²) in [5.41, 5.74) is 1.70. The van der Waals surface area contributed by atoms with Gasteiger partial charge in [-0.1, -0.05) is 36.0 Å². The lowest BCUT2D eigenvalue weighted by Gasteiger charge is -2.20. The predicted molar refractivity (Wildman–Crippen MR) is 129 cm³/mol. The second kappa shape index (κ2) is 9.89. The van der Waals surface area contributed by atoms with Crippen molar-refractivity contribution in [3.63, 3.8) is 0 Å². The number of halogens is 2. The molecule has 1 aliphatic heterocycles. The number of carbonyl (C=O) groups excluding carboxylic acids is 1. The van der Waals surface area contributed by atoms with Crippen molar-refractivity contribution in [2.45, 2.75) is 30.6 Å². The maximum Gasteiger partial charge on any atom is 0.257 e. The first-order chi connectivity index (χ1) is 15.3. The molecule has 1 fully saturated rings. The second-order valence-corrected chi connectivity index (χ2v) is 11.1. The van der Waals surface area contributed by atoms with Gasteiger partial charge in [-0.15, -0.1) is 11.3 Å². The molecule has 1 amide bonds. The SMILES string of the molecule is O=C(Nc1nc(-c2ccc(Cl)cc2Cl)cs1)c1ccc(S(=O)(=O)N2CCCCCC2)cc1. The molecule has 0 spiro atoms. The van der Waals surface area contributed by atoms with Crippen LogP contribution >= 0.6 is 34.5 Å². The van der Waals surface area contributed by atoms with Crippen LogP contribution in [0.4, 0.5) is 5.13 Å². The molecule has 0 saturated carbocycles. The number of carbonyl (C=O) groups is 1. The summed E-state index contributed by atoms with van der Waals surface area (Å²) in [7, 11) is -3.55. The van der Waals surface area contributed by atoms with Crippen LogP contribution in [0.5, 0.6) is 0 Å². The van der Waals surface area contributed by atoms with E-state index in [1.807, 2.05) is 0 Å². The summed E-state index contributed by atoms with van der Waals surface area (Å²) < 4.78 is 27.3. The summed E-state index contributed by atoms with van der Waals surface area (Å²) in [5.74, 6) is -0.369. The van der Waals surface area contributed by atoms with Gasteiger partial charge in [0.25, 0.3) is 5.91 Å². The van der Waals surface area contributed by atoms with Gasteiger partial charge < -0.3 is 0 Å². The number of nitrogens with zero attached hydrogens (tertiary/aromatic N) is 2. The van der Waals surface area contributed by atoms with E-state index < -0.39 is 10.0 Å². The molecule has 168 valence electrons. The third-order valence-electron chi connectivity index (χ3n) is 5.25. The number of hydrogen-bond donors (Lipinski definition) is 1. The van der Waals surface area contributed by atoms with Crippen LogP contribution in [0.2, 0.25) is 10.0 Å². The quantitative estimate of drug-likeness (QED) is 0.461. The predicted octanol–water partition coefficient (Wildman–Crippen LogP) is 5.93. The number of benzene rings is 2. The molecular formula is C22H21Cl2N3O3S2. The number of sulfonamides is 1. The van der Waals surface area contributed by atoms with Crippen LogP contribution in [0, 0.1) is 0 Å². The van der Waals surface area contributed by atoms with E-state index in [0.717, 1.165) is 31.2 Å². The summed E-state index contributed by atoms with van der Waals surface area (Å²) in [4.78, 5) is 17.3. The number of anilines is 1. The van der Waals surface area contributed by atoms with Gasteiger partial charge in [-0.2, -0.15) is 4.31 Å². The molecule has 0 radical (unpaired) electrons. The molecule has 0 aliphatic carbocycles. The highest BCUT2D eigenvalue weighted by molar-refractivity contribution is 7.89. The minimum absolute atomic E-state index is 0.199. The van der Waals surface area contributed by atoms with Crippen LogP contribution < -0.4 is 5.32 Å². The van der Waals surface area contributed by atoms with Crippen molar-refractivity contribution in [2.75, 3.05) is 18.4 Å². The van der Waals surface area contributed by atoms with Crippen molar-refractivity contribution in [2.24, 2.45) is 0 Å². The highest BCUT2D eigenvalue weighted by atomic mass is 35.5. The summed E-state index contributed by atoms with van der Waals surface area (Å²) in [6.07, 6.45) is 3.84. The lowest BCUT2D eigenvalue weighted by molar-refractivity contribution is 0.102. The lowest BCUT2D eigenvalue weighted by Crippen LogP contribution is -2.31. The van der Waals surface area contributed by atoms with Gasteiger partial charge in [0.15, 0.2) is 5.13 Å². The molecule has 1 N–H and O–H groups in total. The van der Waals surface area contributed by atoms with Crippen molar-refractivity contribution in [3.05, 3.63) is 63.5 Å². The number of rotatable bonds is 5. The van der Waals surface area contributed by atoms with Crippen molar-refractivity contribution in [1.29, 1.82) is 0 Å². The lowest BCUT2D eigenvalue weighted by atomic mass is 10.2. The molecule has 0 unspecified atom stereocenters. The van der Waals surface area contributed by atoms with E-state index in [1.54, 1.807) is 23.6 Å². The van der Waals surface area contributed by atoms with E-state index in [0.29, 0.717) is 39.5 Å². The van der Waals surface area contributed by atoms with Gasteiger partial charge in [-0.05, 0) is 55.3 Å². The van der Waals surface area contributed by atoms with Gasteiger partial charge in [0, 0.05) is 34.6 Å². The van der Waals surface area contributed by atoms with E-state index in [-0.39, 0.29) is 10.8 Å². The number of thiazole rings is 1. The Morgan fingerprint density at radius 3 is 2.34 bits per heavy atom. The van der Waals surface area contributed by atoms with Crippen LogP contribution in [0.3, 0.4) is 0 Å². The molecule has 6 nitrogen and oxygen atoms in total. The Morgan fingerprint density at radius 2 is 1.69 bits per heavy atom. The summed E-state index contributed by atoms with van der Waals surface area (Å²) in [6, 6.07) is 11.1. The molecule has 2 aromatic carbocycles. The molecule has 3 aromatic rings. The largest absolute Gasteiger partial charge is 0.298 e. The molecular weight excluding hydrogens is 489 g/mol. The standard InChI is InChI=1S/C22H21Cl2N3O3S2/c23-16-7-10-18(19(24)13-16)20-14-31-22(25-20)26-21(28)15-5-8-17(9-6-15)32(29,30)27-11-3-1-2-4-12-27/h5-10,13-14H,1-4,11-12H2,(H,25,26,28). The third kappa shape index (κ3) is 5.15. The highest BCUT2D eigenvalue weighted by Crippen LogP contribution is 2.32. The number of nitrogens with one attached hydrogen (secondary N) is 1. The maximum atomic E-state index is 12.9. The minimum atomic E-state index is -3.55. The summed E-state index contributed by atoms with van der Waals surface area (Å²) in [5, 5.41) is 5.96. The van der Waals surface area contributed by atoms with Crippen molar-refractivity contribution in [1.82, 2.24) is 9.29 Å². The number of aromatic nitrogens is 1. The molecule has 32 heavy (non-hydrogen) atoms. The zero-order chi connectivity index (χ0) is 22.7. The van der Waals surface area contributed by atoms with Crippen molar-refractivity contribution < 1.29 is 13.2 Å². The Labute approximate surface area is 201 Å². The average molecular weight is 510 g/mol. The van der Waals surface area contributed by atoms with E-state index in [4.69, 9.17) is 23.2 Å². The molecule has 1 aromatic heterocycles. The zero-order valence-corrected chi connectivity index (χ0v) is 20.2. The molecule has 0 atom stereocenters. The van der Waals surface area contributed by atoms with Gasteiger partial charge in [-0.3, -0.25) is 10.1 Å². The van der Waals surface area contributed by atoms with Gasteiger partial charge >= 0.3 is 0 Å². The van der Waals surface area contributed by atoms with Crippen molar-refractivity contribution in [3.8, 4) is 11.3 Å². The summed E-state index contributed by atoms with van der Waals surface area (Å²) in [6.45, 7) is 1.07. The normalized spacial score (nSPS) is 15.3.